The van der Waals surface area contributed by atoms with Crippen LogP contribution in [0.1, 0.15) is 27.6 Å². The number of carbonyl (C=O) groups is 1. The third-order valence-electron chi connectivity index (χ3n) is 5.24. The maximum absolute atomic E-state index is 13.1. The third-order valence-corrected chi connectivity index (χ3v) is 5.24. The molecule has 2 atom stereocenters. The van der Waals surface area contributed by atoms with E-state index in [0.717, 1.165) is 16.5 Å². The van der Waals surface area contributed by atoms with E-state index in [2.05, 4.69) is 24.3 Å². The molecule has 0 spiro atoms. The largest absolute Gasteiger partial charge is 0.488 e. The monoisotopic (exact) mass is 380 g/mol. The van der Waals surface area contributed by atoms with Crippen LogP contribution in [0, 0.1) is 0 Å². The van der Waals surface area contributed by atoms with Gasteiger partial charge in [0.1, 0.15) is 18.5 Å². The second-order valence-electron chi connectivity index (χ2n) is 7.22. The van der Waals surface area contributed by atoms with E-state index in [9.17, 15) is 4.79 Å². The van der Waals surface area contributed by atoms with E-state index in [1.54, 1.807) is 0 Å². The summed E-state index contributed by atoms with van der Waals surface area (Å²) in [5.74, 6) is 0.556. The van der Waals surface area contributed by atoms with Crippen LogP contribution in [-0.2, 0) is 11.3 Å². The van der Waals surface area contributed by atoms with Crippen LogP contribution in [-0.4, -0.2) is 11.9 Å². The van der Waals surface area contributed by atoms with Gasteiger partial charge in [-0.3, -0.25) is 4.79 Å². The zero-order valence-corrected chi connectivity index (χ0v) is 15.8. The summed E-state index contributed by atoms with van der Waals surface area (Å²) in [6.07, 6.45) is -0.660. The van der Waals surface area contributed by atoms with Gasteiger partial charge in [0.15, 0.2) is 11.9 Å². The van der Waals surface area contributed by atoms with Gasteiger partial charge in [0.2, 0.25) is 0 Å². The van der Waals surface area contributed by atoms with Crippen molar-refractivity contribution in [2.45, 2.75) is 18.8 Å². The second kappa shape index (κ2) is 7.53. The van der Waals surface area contributed by atoms with Crippen LogP contribution in [0.2, 0.25) is 0 Å². The molecule has 0 radical (unpaired) electrons. The average molecular weight is 380 g/mol. The number of rotatable bonds is 6. The van der Waals surface area contributed by atoms with Crippen LogP contribution in [0.25, 0.3) is 10.8 Å². The van der Waals surface area contributed by atoms with E-state index in [4.69, 9.17) is 9.47 Å². The van der Waals surface area contributed by atoms with Crippen LogP contribution in [0.5, 0.6) is 5.75 Å². The smallest absolute Gasteiger partial charge is 0.198 e. The Kier molecular flexibility index (Phi) is 4.59. The Morgan fingerprint density at radius 3 is 2.38 bits per heavy atom. The number of para-hydroxylation sites is 1. The normalized spacial score (nSPS) is 17.8. The van der Waals surface area contributed by atoms with Gasteiger partial charge in [0, 0.05) is 0 Å². The molecule has 3 nitrogen and oxygen atoms in total. The lowest BCUT2D eigenvalue weighted by Gasteiger charge is -2.10. The first-order chi connectivity index (χ1) is 14.3. The molecule has 0 aromatic heterocycles. The fourth-order valence-electron chi connectivity index (χ4n) is 3.63. The number of hydrogen-bond acceptors (Lipinski definition) is 3. The molecule has 0 saturated carbocycles. The number of hydrogen-bond donors (Lipinski definition) is 0. The van der Waals surface area contributed by atoms with Gasteiger partial charge in [-0.1, -0.05) is 78.9 Å². The van der Waals surface area contributed by atoms with E-state index < -0.39 is 6.10 Å². The number of carbonyl (C=O) groups excluding carboxylic acids is 1. The SMILES string of the molecule is O=C(c1ccccc1OCc1ccccc1)[C@@H]1O[C@@H]1c1ccc2ccccc2c1. The summed E-state index contributed by atoms with van der Waals surface area (Å²) in [5, 5.41) is 2.33. The first kappa shape index (κ1) is 17.7. The Labute approximate surface area is 169 Å². The summed E-state index contributed by atoms with van der Waals surface area (Å²) in [5.41, 5.74) is 2.66. The van der Waals surface area contributed by atoms with Crippen molar-refractivity contribution in [2.24, 2.45) is 0 Å². The molecule has 3 heteroatoms. The zero-order chi connectivity index (χ0) is 19.6. The van der Waals surface area contributed by atoms with Crippen LogP contribution in [0.4, 0.5) is 0 Å². The van der Waals surface area contributed by atoms with Gasteiger partial charge in [-0.15, -0.1) is 0 Å². The van der Waals surface area contributed by atoms with E-state index in [-0.39, 0.29) is 11.9 Å². The first-order valence-electron chi connectivity index (χ1n) is 9.74. The molecule has 0 unspecified atom stereocenters. The van der Waals surface area contributed by atoms with Crippen LogP contribution in [0.3, 0.4) is 0 Å². The number of benzene rings is 4. The molecule has 1 aliphatic rings. The highest BCUT2D eigenvalue weighted by Gasteiger charge is 2.46. The topological polar surface area (TPSA) is 38.8 Å². The molecule has 1 aliphatic heterocycles. The fourth-order valence-corrected chi connectivity index (χ4v) is 3.63. The standard InChI is InChI=1S/C26H20O3/c27-24(22-12-6-7-13-23(22)28-17-18-8-2-1-3-9-18)26-25(29-26)21-15-14-19-10-4-5-11-20(19)16-21/h1-16,25-26H,17H2/t25-,26+/m1/s1. The van der Waals surface area contributed by atoms with Crippen molar-refractivity contribution in [1.82, 2.24) is 0 Å². The molecule has 1 heterocycles. The van der Waals surface area contributed by atoms with Crippen molar-refractivity contribution in [3.8, 4) is 5.75 Å². The molecular weight excluding hydrogens is 360 g/mol. The predicted molar refractivity (Wildman–Crippen MR) is 113 cm³/mol. The lowest BCUT2D eigenvalue weighted by molar-refractivity contribution is 0.0949. The van der Waals surface area contributed by atoms with Crippen molar-refractivity contribution in [2.75, 3.05) is 0 Å². The van der Waals surface area contributed by atoms with E-state index in [1.807, 2.05) is 72.8 Å². The van der Waals surface area contributed by atoms with E-state index in [0.29, 0.717) is 17.9 Å². The molecular formula is C26H20O3. The minimum atomic E-state index is -0.461. The second-order valence-corrected chi connectivity index (χ2v) is 7.22. The molecule has 0 bridgehead atoms. The molecule has 4 aromatic carbocycles. The predicted octanol–water partition coefficient (Wildman–Crippen LogP) is 5.74. The summed E-state index contributed by atoms with van der Waals surface area (Å²) in [7, 11) is 0. The Morgan fingerprint density at radius 2 is 1.52 bits per heavy atom. The fraction of sp³-hybridized carbons (Fsp3) is 0.115. The molecule has 1 fully saturated rings. The number of ketones is 1. The Morgan fingerprint density at radius 1 is 0.793 bits per heavy atom. The summed E-state index contributed by atoms with van der Waals surface area (Å²) in [6.45, 7) is 0.421. The van der Waals surface area contributed by atoms with Gasteiger partial charge in [-0.25, -0.2) is 0 Å². The van der Waals surface area contributed by atoms with E-state index >= 15 is 0 Å². The van der Waals surface area contributed by atoms with Crippen molar-refractivity contribution in [1.29, 1.82) is 0 Å². The molecule has 0 N–H and O–H groups in total. The first-order valence-corrected chi connectivity index (χ1v) is 9.74. The molecule has 4 aromatic rings. The lowest BCUT2D eigenvalue weighted by atomic mass is 10.00. The van der Waals surface area contributed by atoms with Crippen LogP contribution >= 0.6 is 0 Å². The summed E-state index contributed by atoms with van der Waals surface area (Å²) in [6, 6.07) is 31.7. The van der Waals surface area contributed by atoms with Gasteiger partial charge in [0.25, 0.3) is 0 Å². The Hall–Kier alpha value is -3.43. The quantitative estimate of drug-likeness (QED) is 0.316. The van der Waals surface area contributed by atoms with Crippen molar-refractivity contribution < 1.29 is 14.3 Å². The van der Waals surface area contributed by atoms with Crippen molar-refractivity contribution in [3.05, 3.63) is 114 Å². The molecule has 5 rings (SSSR count). The number of Topliss-reactive ketones (excluding diaryl/α,β-unsaturated/α-hetero) is 1. The van der Waals surface area contributed by atoms with Gasteiger partial charge >= 0.3 is 0 Å². The molecule has 0 amide bonds. The minimum Gasteiger partial charge on any atom is -0.488 e. The Balaban J connectivity index is 1.33. The lowest BCUT2D eigenvalue weighted by Crippen LogP contribution is -2.10. The average Bonchev–Trinajstić information content (AvgIpc) is 3.59. The van der Waals surface area contributed by atoms with Crippen LogP contribution in [0.15, 0.2) is 97.1 Å². The maximum Gasteiger partial charge on any atom is 0.198 e. The van der Waals surface area contributed by atoms with Gasteiger partial charge in [-0.05, 0) is 40.1 Å². The third kappa shape index (κ3) is 3.65. The van der Waals surface area contributed by atoms with Crippen molar-refractivity contribution >= 4 is 16.6 Å². The Bertz CT molecular complexity index is 1170. The maximum atomic E-state index is 13.1. The number of epoxide rings is 1. The van der Waals surface area contributed by atoms with Crippen molar-refractivity contribution in [3.63, 3.8) is 0 Å². The highest BCUT2D eigenvalue weighted by molar-refractivity contribution is 6.03. The summed E-state index contributed by atoms with van der Waals surface area (Å²) in [4.78, 5) is 13.1. The number of fused-ring (bicyclic) bond motifs is 1. The zero-order valence-electron chi connectivity index (χ0n) is 15.8. The molecule has 0 aliphatic carbocycles. The minimum absolute atomic E-state index is 0.0354. The highest BCUT2D eigenvalue weighted by atomic mass is 16.6. The molecule has 142 valence electrons. The molecule has 1 saturated heterocycles. The summed E-state index contributed by atoms with van der Waals surface area (Å²) >= 11 is 0. The number of ether oxygens (including phenoxy) is 2. The summed E-state index contributed by atoms with van der Waals surface area (Å²) < 4.78 is 11.7. The highest BCUT2D eigenvalue weighted by Crippen LogP contribution is 2.42. The van der Waals surface area contributed by atoms with E-state index in [1.165, 1.54) is 5.39 Å². The molecule has 29 heavy (non-hydrogen) atoms. The van der Waals surface area contributed by atoms with Gasteiger partial charge in [-0.2, -0.15) is 0 Å². The van der Waals surface area contributed by atoms with Gasteiger partial charge < -0.3 is 9.47 Å². The van der Waals surface area contributed by atoms with Crippen LogP contribution < -0.4 is 4.74 Å². The van der Waals surface area contributed by atoms with Gasteiger partial charge in [0.05, 0.1) is 5.56 Å².